The molecule has 12 heteroatoms. The van der Waals surface area contributed by atoms with E-state index < -0.39 is 17.4 Å². The van der Waals surface area contributed by atoms with Gasteiger partial charge in [0.2, 0.25) is 0 Å². The van der Waals surface area contributed by atoms with E-state index in [1.54, 1.807) is 42.7 Å². The van der Waals surface area contributed by atoms with E-state index >= 15 is 0 Å². The average molecular weight is 503 g/mol. The van der Waals surface area contributed by atoms with Crippen LogP contribution in [0.2, 0.25) is 18.6 Å². The van der Waals surface area contributed by atoms with Crippen LogP contribution in [0, 0.1) is 0 Å². The highest BCUT2D eigenvalue weighted by molar-refractivity contribution is 6.65. The van der Waals surface area contributed by atoms with E-state index in [0.29, 0.717) is 58.9 Å². The zero-order valence-corrected chi connectivity index (χ0v) is 23.1. The number of hydrogen-bond donors (Lipinski definition) is 0. The molecule has 194 valence electrons. The standard InChI is InChI=1S/C20H46O10Si2/c1-21-12-13-27-14-15-29-19-20(18-28-10-8-16-31(7,22-2)23-3)30-11-9-17-32(24-4,25-5)26-6/h20H,8-19H2,1-7H3. The van der Waals surface area contributed by atoms with Gasteiger partial charge in [-0.05, 0) is 25.4 Å². The van der Waals surface area contributed by atoms with Crippen LogP contribution < -0.4 is 0 Å². The minimum Gasteiger partial charge on any atom is -0.398 e. The van der Waals surface area contributed by atoms with Crippen molar-refractivity contribution in [2.45, 2.75) is 37.6 Å². The molecule has 0 aromatic carbocycles. The molecular weight excluding hydrogens is 456 g/mol. The number of methoxy groups -OCH3 is 1. The molecule has 0 aliphatic heterocycles. The van der Waals surface area contributed by atoms with E-state index in [-0.39, 0.29) is 6.10 Å². The molecule has 1 atom stereocenters. The zero-order chi connectivity index (χ0) is 24.1. The van der Waals surface area contributed by atoms with E-state index in [9.17, 15) is 0 Å². The summed E-state index contributed by atoms with van der Waals surface area (Å²) < 4.78 is 55.3. The van der Waals surface area contributed by atoms with Crippen LogP contribution in [0.15, 0.2) is 0 Å². The van der Waals surface area contributed by atoms with Gasteiger partial charge in [-0.3, -0.25) is 0 Å². The average Bonchev–Trinajstić information content (AvgIpc) is 2.83. The van der Waals surface area contributed by atoms with Gasteiger partial charge >= 0.3 is 17.4 Å². The molecule has 0 N–H and O–H groups in total. The topological polar surface area (TPSA) is 92.3 Å². The van der Waals surface area contributed by atoms with Gasteiger partial charge in [-0.15, -0.1) is 0 Å². The first kappa shape index (κ1) is 32.0. The van der Waals surface area contributed by atoms with Crippen molar-refractivity contribution in [2.75, 3.05) is 95.5 Å². The molecule has 0 amide bonds. The molecule has 32 heavy (non-hydrogen) atoms. The Morgan fingerprint density at radius 2 is 1.09 bits per heavy atom. The first-order valence-electron chi connectivity index (χ1n) is 11.0. The molecule has 1 unspecified atom stereocenters. The summed E-state index contributed by atoms with van der Waals surface area (Å²) in [6.45, 7) is 6.20. The Balaban J connectivity index is 4.32. The molecule has 0 bridgehead atoms. The summed E-state index contributed by atoms with van der Waals surface area (Å²) in [5, 5.41) is 0. The second-order valence-corrected chi connectivity index (χ2v) is 14.0. The maximum atomic E-state index is 6.01. The molecule has 0 aromatic heterocycles. The molecule has 0 saturated carbocycles. The monoisotopic (exact) mass is 502 g/mol. The van der Waals surface area contributed by atoms with Crippen LogP contribution in [0.3, 0.4) is 0 Å². The van der Waals surface area contributed by atoms with Gasteiger partial charge in [0.15, 0.2) is 0 Å². The molecule has 0 rings (SSSR count). The molecule has 0 aromatic rings. The predicted molar refractivity (Wildman–Crippen MR) is 125 cm³/mol. The molecule has 0 aliphatic rings. The highest BCUT2D eigenvalue weighted by atomic mass is 28.4. The Labute approximate surface area is 196 Å². The Morgan fingerprint density at radius 3 is 1.66 bits per heavy atom. The first-order valence-corrected chi connectivity index (χ1v) is 15.5. The minimum atomic E-state index is -2.59. The molecule has 0 spiro atoms. The normalized spacial score (nSPS) is 13.6. The summed E-state index contributed by atoms with van der Waals surface area (Å²) in [4.78, 5) is 0. The smallest absolute Gasteiger partial charge is 0.398 e. The molecule has 10 nitrogen and oxygen atoms in total. The van der Waals surface area contributed by atoms with E-state index in [0.717, 1.165) is 18.9 Å². The van der Waals surface area contributed by atoms with E-state index in [1.807, 2.05) is 6.55 Å². The quantitative estimate of drug-likeness (QED) is 0.144. The Bertz CT molecular complexity index is 404. The van der Waals surface area contributed by atoms with Crippen molar-refractivity contribution < 1.29 is 45.8 Å². The van der Waals surface area contributed by atoms with E-state index in [2.05, 4.69) is 0 Å². The van der Waals surface area contributed by atoms with Gasteiger partial charge in [-0.25, -0.2) is 0 Å². The van der Waals surface area contributed by atoms with Crippen LogP contribution in [-0.2, 0) is 45.8 Å². The van der Waals surface area contributed by atoms with Gasteiger partial charge in [-0.2, -0.15) is 0 Å². The zero-order valence-electron chi connectivity index (χ0n) is 21.1. The summed E-state index contributed by atoms with van der Waals surface area (Å²) in [7, 11) is 5.23. The van der Waals surface area contributed by atoms with Crippen molar-refractivity contribution in [3.63, 3.8) is 0 Å². The summed E-state index contributed by atoms with van der Waals surface area (Å²) in [5.41, 5.74) is 0. The SMILES string of the molecule is COCCOCCOCC(COCCC[Si](C)(OC)OC)OCCC[Si](OC)(OC)OC. The molecular formula is C20H46O10Si2. The molecule has 0 heterocycles. The lowest BCUT2D eigenvalue weighted by Crippen LogP contribution is -2.42. The van der Waals surface area contributed by atoms with Gasteiger partial charge in [-0.1, -0.05) is 0 Å². The lowest BCUT2D eigenvalue weighted by molar-refractivity contribution is -0.0685. The fourth-order valence-corrected chi connectivity index (χ4v) is 5.86. The molecule has 0 saturated heterocycles. The maximum absolute atomic E-state index is 6.01. The minimum absolute atomic E-state index is 0.175. The number of ether oxygens (including phenoxy) is 5. The third kappa shape index (κ3) is 15.0. The predicted octanol–water partition coefficient (Wildman–Crippen LogP) is 2.09. The second-order valence-electron chi connectivity index (χ2n) is 7.29. The molecule has 0 aliphatic carbocycles. The molecule has 0 radical (unpaired) electrons. The van der Waals surface area contributed by atoms with Gasteiger partial charge in [0.25, 0.3) is 0 Å². The van der Waals surface area contributed by atoms with Crippen molar-refractivity contribution in [1.82, 2.24) is 0 Å². The fourth-order valence-electron chi connectivity index (χ4n) is 2.81. The van der Waals surface area contributed by atoms with Crippen molar-refractivity contribution in [2.24, 2.45) is 0 Å². The van der Waals surface area contributed by atoms with Crippen molar-refractivity contribution in [3.05, 3.63) is 0 Å². The largest absolute Gasteiger partial charge is 0.500 e. The van der Waals surface area contributed by atoms with Crippen LogP contribution in [0.25, 0.3) is 0 Å². The molecule has 0 fully saturated rings. The van der Waals surface area contributed by atoms with Crippen LogP contribution in [0.1, 0.15) is 12.8 Å². The Morgan fingerprint density at radius 1 is 0.562 bits per heavy atom. The summed E-state index contributed by atoms with van der Waals surface area (Å²) in [5.74, 6) is 0. The maximum Gasteiger partial charge on any atom is 0.500 e. The van der Waals surface area contributed by atoms with Crippen molar-refractivity contribution >= 4 is 17.4 Å². The summed E-state index contributed by atoms with van der Waals surface area (Å²) in [6, 6.07) is 1.55. The third-order valence-corrected chi connectivity index (χ3v) is 10.9. The van der Waals surface area contributed by atoms with Crippen molar-refractivity contribution in [3.8, 4) is 0 Å². The Hall–Kier alpha value is 0.0338. The van der Waals surface area contributed by atoms with Gasteiger partial charge in [0.1, 0.15) is 6.10 Å². The summed E-state index contributed by atoms with van der Waals surface area (Å²) in [6.07, 6.45) is 1.45. The lowest BCUT2D eigenvalue weighted by atomic mass is 10.4. The van der Waals surface area contributed by atoms with Crippen LogP contribution in [0.4, 0.5) is 0 Å². The second kappa shape index (κ2) is 20.4. The van der Waals surface area contributed by atoms with E-state index in [4.69, 9.17) is 45.8 Å². The first-order chi connectivity index (χ1) is 15.4. The number of hydrogen-bond acceptors (Lipinski definition) is 10. The van der Waals surface area contributed by atoms with Gasteiger partial charge in [0.05, 0.1) is 39.6 Å². The lowest BCUT2D eigenvalue weighted by Gasteiger charge is -2.25. The number of rotatable bonds is 24. The van der Waals surface area contributed by atoms with Crippen LogP contribution >= 0.6 is 0 Å². The third-order valence-electron chi connectivity index (χ3n) is 5.11. The van der Waals surface area contributed by atoms with Gasteiger partial charge < -0.3 is 45.8 Å². The fraction of sp³-hybridized carbons (Fsp3) is 1.00. The van der Waals surface area contributed by atoms with Crippen LogP contribution in [-0.4, -0.2) is 119 Å². The Kier molecular flexibility index (Phi) is 20.4. The van der Waals surface area contributed by atoms with Crippen LogP contribution in [0.5, 0.6) is 0 Å². The van der Waals surface area contributed by atoms with E-state index in [1.165, 1.54) is 0 Å². The van der Waals surface area contributed by atoms with Gasteiger partial charge in [0, 0.05) is 61.9 Å². The van der Waals surface area contributed by atoms with Crippen molar-refractivity contribution in [1.29, 1.82) is 0 Å². The highest BCUT2D eigenvalue weighted by Gasteiger charge is 2.37. The highest BCUT2D eigenvalue weighted by Crippen LogP contribution is 2.16. The summed E-state index contributed by atoms with van der Waals surface area (Å²) >= 11 is 0.